The number of aromatic nitrogens is 2. The van der Waals surface area contributed by atoms with E-state index in [9.17, 15) is 0 Å². The van der Waals surface area contributed by atoms with Crippen molar-refractivity contribution in [2.75, 3.05) is 6.54 Å². The molecule has 0 unspecified atom stereocenters. The highest BCUT2D eigenvalue weighted by atomic mass is 15.3. The van der Waals surface area contributed by atoms with Crippen molar-refractivity contribution in [3.05, 3.63) is 51.8 Å². The molecule has 1 N–H and O–H groups in total. The molecular weight excluding hydrogens is 258 g/mol. The molecule has 3 heteroatoms. The summed E-state index contributed by atoms with van der Waals surface area (Å²) >= 11 is 0. The SMILES string of the molecule is CCCNCc1cn(Cc2c(C)cc(C)cc2C)nc1C. The second-order valence-electron chi connectivity index (χ2n) is 5.99. The van der Waals surface area contributed by atoms with E-state index in [1.54, 1.807) is 0 Å². The van der Waals surface area contributed by atoms with E-state index in [2.05, 4.69) is 68.0 Å². The van der Waals surface area contributed by atoms with Crippen LogP contribution in [0.5, 0.6) is 0 Å². The van der Waals surface area contributed by atoms with Gasteiger partial charge in [0.15, 0.2) is 0 Å². The minimum Gasteiger partial charge on any atom is -0.313 e. The maximum atomic E-state index is 4.67. The van der Waals surface area contributed by atoms with Gasteiger partial charge in [-0.2, -0.15) is 5.10 Å². The molecule has 114 valence electrons. The topological polar surface area (TPSA) is 29.9 Å². The van der Waals surface area contributed by atoms with Crippen molar-refractivity contribution in [2.45, 2.75) is 54.1 Å². The zero-order valence-electron chi connectivity index (χ0n) is 14.0. The highest BCUT2D eigenvalue weighted by molar-refractivity contribution is 5.37. The van der Waals surface area contributed by atoms with Crippen LogP contribution < -0.4 is 5.32 Å². The molecule has 0 saturated carbocycles. The summed E-state index contributed by atoms with van der Waals surface area (Å²) in [4.78, 5) is 0. The number of aryl methyl sites for hydroxylation is 4. The lowest BCUT2D eigenvalue weighted by Crippen LogP contribution is -2.13. The Morgan fingerprint density at radius 3 is 2.38 bits per heavy atom. The van der Waals surface area contributed by atoms with Crippen LogP contribution in [-0.4, -0.2) is 16.3 Å². The first-order valence-corrected chi connectivity index (χ1v) is 7.81. The van der Waals surface area contributed by atoms with Gasteiger partial charge in [-0.05, 0) is 57.4 Å². The van der Waals surface area contributed by atoms with Gasteiger partial charge in [0.2, 0.25) is 0 Å². The number of hydrogen-bond donors (Lipinski definition) is 1. The fourth-order valence-corrected chi connectivity index (χ4v) is 2.83. The third-order valence-corrected chi connectivity index (χ3v) is 3.95. The molecule has 0 amide bonds. The van der Waals surface area contributed by atoms with Crippen LogP contribution in [0.25, 0.3) is 0 Å². The largest absolute Gasteiger partial charge is 0.313 e. The number of nitrogens with one attached hydrogen (secondary N) is 1. The Labute approximate surface area is 128 Å². The molecule has 1 aromatic carbocycles. The minimum absolute atomic E-state index is 0.854. The molecular formula is C18H27N3. The van der Waals surface area contributed by atoms with Crippen LogP contribution in [0.3, 0.4) is 0 Å². The zero-order valence-corrected chi connectivity index (χ0v) is 14.0. The smallest absolute Gasteiger partial charge is 0.0664 e. The van der Waals surface area contributed by atoms with Gasteiger partial charge in [-0.25, -0.2) is 0 Å². The van der Waals surface area contributed by atoms with Crippen LogP contribution in [0.2, 0.25) is 0 Å². The van der Waals surface area contributed by atoms with E-state index in [-0.39, 0.29) is 0 Å². The maximum Gasteiger partial charge on any atom is 0.0664 e. The molecule has 1 heterocycles. The van der Waals surface area contributed by atoms with Gasteiger partial charge in [0.05, 0.1) is 12.2 Å². The predicted octanol–water partition coefficient (Wildman–Crippen LogP) is 3.66. The van der Waals surface area contributed by atoms with Crippen molar-refractivity contribution in [1.29, 1.82) is 0 Å². The van der Waals surface area contributed by atoms with Crippen LogP contribution in [0.15, 0.2) is 18.3 Å². The number of benzene rings is 1. The fraction of sp³-hybridized carbons (Fsp3) is 0.500. The van der Waals surface area contributed by atoms with E-state index in [0.29, 0.717) is 0 Å². The van der Waals surface area contributed by atoms with Gasteiger partial charge in [-0.15, -0.1) is 0 Å². The van der Waals surface area contributed by atoms with Gasteiger partial charge in [-0.1, -0.05) is 24.6 Å². The zero-order chi connectivity index (χ0) is 15.4. The molecule has 21 heavy (non-hydrogen) atoms. The van der Waals surface area contributed by atoms with E-state index >= 15 is 0 Å². The minimum atomic E-state index is 0.854. The molecule has 0 fully saturated rings. The van der Waals surface area contributed by atoms with Gasteiger partial charge in [-0.3, -0.25) is 4.68 Å². The van der Waals surface area contributed by atoms with Crippen LogP contribution in [0.1, 0.15) is 46.9 Å². The second-order valence-corrected chi connectivity index (χ2v) is 5.99. The van der Waals surface area contributed by atoms with Crippen molar-refractivity contribution in [3.8, 4) is 0 Å². The first kappa shape index (κ1) is 15.8. The predicted molar refractivity (Wildman–Crippen MR) is 88.7 cm³/mol. The highest BCUT2D eigenvalue weighted by Gasteiger charge is 2.08. The number of hydrogen-bond acceptors (Lipinski definition) is 2. The average Bonchev–Trinajstić information content (AvgIpc) is 2.75. The van der Waals surface area contributed by atoms with Crippen molar-refractivity contribution < 1.29 is 0 Å². The van der Waals surface area contributed by atoms with Crippen molar-refractivity contribution in [1.82, 2.24) is 15.1 Å². The summed E-state index contributed by atoms with van der Waals surface area (Å²) in [6.45, 7) is 13.6. The van der Waals surface area contributed by atoms with Gasteiger partial charge in [0.1, 0.15) is 0 Å². The molecule has 1 aromatic heterocycles. The third-order valence-electron chi connectivity index (χ3n) is 3.95. The van der Waals surface area contributed by atoms with Gasteiger partial charge < -0.3 is 5.32 Å². The van der Waals surface area contributed by atoms with Crippen LogP contribution in [0, 0.1) is 27.7 Å². The Hall–Kier alpha value is -1.61. The first-order chi connectivity index (χ1) is 10.0. The average molecular weight is 285 g/mol. The molecule has 2 rings (SSSR count). The van der Waals surface area contributed by atoms with E-state index in [4.69, 9.17) is 0 Å². The Balaban J connectivity index is 2.15. The molecule has 0 bridgehead atoms. The summed E-state index contributed by atoms with van der Waals surface area (Å²) in [6, 6.07) is 4.50. The van der Waals surface area contributed by atoms with Crippen molar-refractivity contribution in [2.24, 2.45) is 0 Å². The summed E-state index contributed by atoms with van der Waals surface area (Å²) in [5.74, 6) is 0. The second kappa shape index (κ2) is 6.90. The lowest BCUT2D eigenvalue weighted by Gasteiger charge is -2.11. The molecule has 0 spiro atoms. The van der Waals surface area contributed by atoms with E-state index in [0.717, 1.165) is 31.7 Å². The summed E-state index contributed by atoms with van der Waals surface area (Å²) in [7, 11) is 0. The molecule has 0 atom stereocenters. The van der Waals surface area contributed by atoms with Gasteiger partial charge in [0.25, 0.3) is 0 Å². The number of nitrogens with zero attached hydrogens (tertiary/aromatic N) is 2. The van der Waals surface area contributed by atoms with Crippen LogP contribution >= 0.6 is 0 Å². The molecule has 0 saturated heterocycles. The summed E-state index contributed by atoms with van der Waals surface area (Å²) in [5.41, 5.74) is 7.84. The Bertz CT molecular complexity index is 588. The van der Waals surface area contributed by atoms with E-state index < -0.39 is 0 Å². The van der Waals surface area contributed by atoms with E-state index in [1.165, 1.54) is 27.8 Å². The molecule has 0 aliphatic rings. The Morgan fingerprint density at radius 2 is 1.76 bits per heavy atom. The normalized spacial score (nSPS) is 11.1. The highest BCUT2D eigenvalue weighted by Crippen LogP contribution is 2.18. The molecule has 0 aliphatic carbocycles. The van der Waals surface area contributed by atoms with Gasteiger partial charge >= 0.3 is 0 Å². The lowest BCUT2D eigenvalue weighted by molar-refractivity contribution is 0.666. The fourth-order valence-electron chi connectivity index (χ4n) is 2.83. The molecule has 0 radical (unpaired) electrons. The standard InChI is InChI=1S/C18H27N3/c1-6-7-19-10-17-11-21(20-16(17)5)12-18-14(3)8-13(2)9-15(18)4/h8-9,11,19H,6-7,10,12H2,1-5H3. The Kier molecular flexibility index (Phi) is 5.18. The summed E-state index contributed by atoms with van der Waals surface area (Å²) in [5, 5.41) is 8.11. The summed E-state index contributed by atoms with van der Waals surface area (Å²) < 4.78 is 2.07. The quantitative estimate of drug-likeness (QED) is 0.821. The molecule has 3 nitrogen and oxygen atoms in total. The molecule has 2 aromatic rings. The van der Waals surface area contributed by atoms with Crippen molar-refractivity contribution >= 4 is 0 Å². The van der Waals surface area contributed by atoms with Crippen molar-refractivity contribution in [3.63, 3.8) is 0 Å². The van der Waals surface area contributed by atoms with Crippen LogP contribution in [-0.2, 0) is 13.1 Å². The number of rotatable bonds is 6. The van der Waals surface area contributed by atoms with Gasteiger partial charge in [0, 0.05) is 18.3 Å². The third kappa shape index (κ3) is 3.94. The first-order valence-electron chi connectivity index (χ1n) is 7.81. The molecule has 0 aliphatic heterocycles. The lowest BCUT2D eigenvalue weighted by atomic mass is 10.00. The summed E-state index contributed by atoms with van der Waals surface area (Å²) in [6.07, 6.45) is 3.34. The van der Waals surface area contributed by atoms with E-state index in [1.807, 2.05) is 0 Å². The maximum absolute atomic E-state index is 4.67. The van der Waals surface area contributed by atoms with Crippen LogP contribution in [0.4, 0.5) is 0 Å². The Morgan fingerprint density at radius 1 is 1.10 bits per heavy atom. The monoisotopic (exact) mass is 285 g/mol.